The SMILES string of the molecule is O=C(CCl)NC(=O)COc1ccc(Cl)c(Cl)c1. The van der Waals surface area contributed by atoms with Crippen molar-refractivity contribution >= 4 is 46.6 Å². The van der Waals surface area contributed by atoms with Crippen LogP contribution in [0.5, 0.6) is 5.75 Å². The van der Waals surface area contributed by atoms with Crippen molar-refractivity contribution in [1.29, 1.82) is 0 Å². The number of carbonyl (C=O) groups excluding carboxylic acids is 2. The van der Waals surface area contributed by atoms with Crippen molar-refractivity contribution in [2.24, 2.45) is 0 Å². The van der Waals surface area contributed by atoms with E-state index in [1.165, 1.54) is 6.07 Å². The van der Waals surface area contributed by atoms with Crippen LogP contribution in [0.1, 0.15) is 0 Å². The number of ether oxygens (including phenoxy) is 1. The second-order valence-corrected chi connectivity index (χ2v) is 4.05. The molecule has 0 saturated heterocycles. The van der Waals surface area contributed by atoms with Gasteiger partial charge in [0.15, 0.2) is 6.61 Å². The molecule has 0 aliphatic rings. The molecule has 1 rings (SSSR count). The van der Waals surface area contributed by atoms with Gasteiger partial charge >= 0.3 is 0 Å². The van der Waals surface area contributed by atoms with Crippen LogP contribution in [-0.2, 0) is 9.59 Å². The van der Waals surface area contributed by atoms with Crippen molar-refractivity contribution in [3.8, 4) is 5.75 Å². The van der Waals surface area contributed by atoms with Crippen LogP contribution in [0.3, 0.4) is 0 Å². The number of rotatable bonds is 4. The Labute approximate surface area is 113 Å². The highest BCUT2D eigenvalue weighted by Crippen LogP contribution is 2.26. The average molecular weight is 297 g/mol. The van der Waals surface area contributed by atoms with Gasteiger partial charge in [-0.2, -0.15) is 0 Å². The fourth-order valence-corrected chi connectivity index (χ4v) is 1.30. The van der Waals surface area contributed by atoms with E-state index in [1.54, 1.807) is 12.1 Å². The Hall–Kier alpha value is -0.970. The quantitative estimate of drug-likeness (QED) is 0.867. The summed E-state index contributed by atoms with van der Waals surface area (Å²) in [5, 5.41) is 2.74. The topological polar surface area (TPSA) is 55.4 Å². The molecule has 0 aromatic heterocycles. The lowest BCUT2D eigenvalue weighted by molar-refractivity contribution is -0.130. The smallest absolute Gasteiger partial charge is 0.264 e. The average Bonchev–Trinajstić information content (AvgIpc) is 2.30. The van der Waals surface area contributed by atoms with Crippen molar-refractivity contribution in [2.75, 3.05) is 12.5 Å². The summed E-state index contributed by atoms with van der Waals surface area (Å²) in [7, 11) is 0. The molecule has 0 heterocycles. The van der Waals surface area contributed by atoms with E-state index in [0.29, 0.717) is 15.8 Å². The van der Waals surface area contributed by atoms with Gasteiger partial charge in [-0.1, -0.05) is 23.2 Å². The Morgan fingerprint density at radius 2 is 1.88 bits per heavy atom. The van der Waals surface area contributed by atoms with Crippen molar-refractivity contribution in [1.82, 2.24) is 5.32 Å². The standard InChI is InChI=1S/C10H8Cl3NO3/c11-4-9(15)14-10(16)5-17-6-1-2-7(12)8(13)3-6/h1-3H,4-5H2,(H,14,15,16). The summed E-state index contributed by atoms with van der Waals surface area (Å²) in [5.74, 6) is -1.05. The van der Waals surface area contributed by atoms with Crippen LogP contribution in [0.4, 0.5) is 0 Å². The van der Waals surface area contributed by atoms with E-state index >= 15 is 0 Å². The third-order valence-corrected chi connectivity index (χ3v) is 2.64. The Morgan fingerprint density at radius 3 is 2.47 bits per heavy atom. The minimum Gasteiger partial charge on any atom is -0.484 e. The van der Waals surface area contributed by atoms with Crippen molar-refractivity contribution in [2.45, 2.75) is 0 Å². The van der Waals surface area contributed by atoms with Crippen LogP contribution >= 0.6 is 34.8 Å². The van der Waals surface area contributed by atoms with E-state index in [4.69, 9.17) is 39.5 Å². The van der Waals surface area contributed by atoms with E-state index < -0.39 is 11.8 Å². The number of hydrogen-bond acceptors (Lipinski definition) is 3. The maximum Gasteiger partial charge on any atom is 0.264 e. The highest BCUT2D eigenvalue weighted by molar-refractivity contribution is 6.42. The van der Waals surface area contributed by atoms with Gasteiger partial charge in [0.05, 0.1) is 10.0 Å². The molecule has 1 N–H and O–H groups in total. The molecule has 0 radical (unpaired) electrons. The summed E-state index contributed by atoms with van der Waals surface area (Å²) in [5.41, 5.74) is 0. The molecule has 7 heteroatoms. The van der Waals surface area contributed by atoms with Crippen LogP contribution < -0.4 is 10.1 Å². The number of amides is 2. The molecule has 4 nitrogen and oxygen atoms in total. The van der Waals surface area contributed by atoms with E-state index in [9.17, 15) is 9.59 Å². The van der Waals surface area contributed by atoms with Crippen LogP contribution in [0.2, 0.25) is 10.0 Å². The molecule has 92 valence electrons. The summed E-state index contributed by atoms with van der Waals surface area (Å²) in [6.45, 7) is -0.305. The summed E-state index contributed by atoms with van der Waals surface area (Å²) >= 11 is 16.7. The van der Waals surface area contributed by atoms with Gasteiger partial charge in [-0.3, -0.25) is 14.9 Å². The zero-order valence-electron chi connectivity index (χ0n) is 8.50. The molecular formula is C10H8Cl3NO3. The van der Waals surface area contributed by atoms with Crippen LogP contribution in [-0.4, -0.2) is 24.3 Å². The fourth-order valence-electron chi connectivity index (χ4n) is 0.941. The minimum atomic E-state index is -0.582. The van der Waals surface area contributed by atoms with E-state index in [-0.39, 0.29) is 12.5 Å². The third-order valence-electron chi connectivity index (χ3n) is 1.66. The maximum absolute atomic E-state index is 11.2. The second kappa shape index (κ2) is 6.69. The fraction of sp³-hybridized carbons (Fsp3) is 0.200. The first-order valence-corrected chi connectivity index (χ1v) is 5.78. The Bertz CT molecular complexity index is 437. The van der Waals surface area contributed by atoms with E-state index in [0.717, 1.165) is 0 Å². The molecule has 1 aromatic carbocycles. The van der Waals surface area contributed by atoms with Crippen LogP contribution in [0, 0.1) is 0 Å². The molecular weight excluding hydrogens is 288 g/mol. The lowest BCUT2D eigenvalue weighted by atomic mass is 10.3. The molecule has 0 unspecified atom stereocenters. The minimum absolute atomic E-state index is 0.279. The summed E-state index contributed by atoms with van der Waals surface area (Å²) in [6.07, 6.45) is 0. The molecule has 2 amide bonds. The lowest BCUT2D eigenvalue weighted by Gasteiger charge is -2.06. The van der Waals surface area contributed by atoms with Gasteiger partial charge in [-0.15, -0.1) is 11.6 Å². The van der Waals surface area contributed by atoms with Crippen LogP contribution in [0.15, 0.2) is 18.2 Å². The Morgan fingerprint density at radius 1 is 1.18 bits per heavy atom. The van der Waals surface area contributed by atoms with Gasteiger partial charge in [0.25, 0.3) is 5.91 Å². The largest absolute Gasteiger partial charge is 0.484 e. The normalized spacial score (nSPS) is 9.82. The predicted octanol–water partition coefficient (Wildman–Crippen LogP) is 2.25. The van der Waals surface area contributed by atoms with Gasteiger partial charge in [0, 0.05) is 6.07 Å². The Kier molecular flexibility index (Phi) is 5.55. The van der Waals surface area contributed by atoms with Crippen molar-refractivity contribution in [3.05, 3.63) is 28.2 Å². The van der Waals surface area contributed by atoms with E-state index in [2.05, 4.69) is 0 Å². The number of halogens is 3. The van der Waals surface area contributed by atoms with Crippen molar-refractivity contribution in [3.63, 3.8) is 0 Å². The van der Waals surface area contributed by atoms with Gasteiger partial charge in [-0.25, -0.2) is 0 Å². The summed E-state index contributed by atoms with van der Waals surface area (Å²) < 4.78 is 5.10. The Balaban J connectivity index is 2.47. The highest BCUT2D eigenvalue weighted by Gasteiger charge is 2.07. The zero-order chi connectivity index (χ0) is 12.8. The number of alkyl halides is 1. The molecule has 0 saturated carbocycles. The second-order valence-electron chi connectivity index (χ2n) is 2.97. The van der Waals surface area contributed by atoms with E-state index in [1.807, 2.05) is 5.32 Å². The monoisotopic (exact) mass is 295 g/mol. The third kappa shape index (κ3) is 4.81. The number of benzene rings is 1. The molecule has 0 atom stereocenters. The molecule has 0 aliphatic carbocycles. The first-order valence-electron chi connectivity index (χ1n) is 4.49. The molecule has 1 aromatic rings. The van der Waals surface area contributed by atoms with Gasteiger partial charge < -0.3 is 4.74 Å². The van der Waals surface area contributed by atoms with Crippen molar-refractivity contribution < 1.29 is 14.3 Å². The summed E-state index contributed by atoms with van der Waals surface area (Å²) in [4.78, 5) is 21.9. The number of imide groups is 1. The molecule has 0 aliphatic heterocycles. The number of carbonyl (C=O) groups is 2. The van der Waals surface area contributed by atoms with Crippen LogP contribution in [0.25, 0.3) is 0 Å². The molecule has 0 spiro atoms. The maximum atomic E-state index is 11.2. The van der Waals surface area contributed by atoms with Gasteiger partial charge in [0.2, 0.25) is 5.91 Å². The number of hydrogen-bond donors (Lipinski definition) is 1. The number of nitrogens with one attached hydrogen (secondary N) is 1. The molecule has 0 fully saturated rings. The zero-order valence-corrected chi connectivity index (χ0v) is 10.8. The summed E-state index contributed by atoms with van der Waals surface area (Å²) in [6, 6.07) is 4.58. The lowest BCUT2D eigenvalue weighted by Crippen LogP contribution is -2.35. The van der Waals surface area contributed by atoms with Gasteiger partial charge in [-0.05, 0) is 12.1 Å². The predicted molar refractivity (Wildman–Crippen MR) is 65.8 cm³/mol. The van der Waals surface area contributed by atoms with Gasteiger partial charge in [0.1, 0.15) is 11.6 Å². The molecule has 17 heavy (non-hydrogen) atoms. The molecule has 0 bridgehead atoms. The highest BCUT2D eigenvalue weighted by atomic mass is 35.5. The first kappa shape index (κ1) is 14.1. The first-order chi connectivity index (χ1) is 8.02.